The number of rotatable bonds is 5. The van der Waals surface area contributed by atoms with Gasteiger partial charge < -0.3 is 24.3 Å². The van der Waals surface area contributed by atoms with Gasteiger partial charge in [0.15, 0.2) is 5.79 Å². The predicted molar refractivity (Wildman–Crippen MR) is 95.1 cm³/mol. The van der Waals surface area contributed by atoms with Gasteiger partial charge in [-0.3, -0.25) is 0 Å². The maximum Gasteiger partial charge on any atom is 0.168 e. The van der Waals surface area contributed by atoms with Crippen LogP contribution in [0.4, 0.5) is 0 Å². The van der Waals surface area contributed by atoms with Crippen LogP contribution in [0.5, 0.6) is 11.5 Å². The van der Waals surface area contributed by atoms with Gasteiger partial charge in [0.2, 0.25) is 0 Å². The van der Waals surface area contributed by atoms with E-state index in [1.54, 1.807) is 7.11 Å². The molecule has 0 radical (unpaired) electrons. The molecule has 0 bridgehead atoms. The monoisotopic (exact) mass is 347 g/mol. The van der Waals surface area contributed by atoms with E-state index in [1.165, 1.54) is 24.8 Å². The quantitative estimate of drug-likeness (QED) is 0.886. The van der Waals surface area contributed by atoms with Gasteiger partial charge in [0, 0.05) is 43.5 Å². The molecule has 0 unspecified atom stereocenters. The standard InChI is InChI=1S/C20H29NO4/c1-14-8-15-9-17(22-2)10-16(19(15)24-14)11-21-12-18-13-23-20(25-18)6-4-3-5-7-20/h9-10,14,18,21H,3-8,11-13H2,1-2H3/t14-,18+/m1/s1. The molecule has 2 heterocycles. The highest BCUT2D eigenvalue weighted by molar-refractivity contribution is 5.49. The topological polar surface area (TPSA) is 49.0 Å². The third-order valence-corrected chi connectivity index (χ3v) is 5.49. The maximum atomic E-state index is 6.24. The van der Waals surface area contributed by atoms with Crippen LogP contribution in [0.25, 0.3) is 0 Å². The number of ether oxygens (including phenoxy) is 4. The number of hydrogen-bond donors (Lipinski definition) is 1. The summed E-state index contributed by atoms with van der Waals surface area (Å²) >= 11 is 0. The van der Waals surface area contributed by atoms with Crippen molar-refractivity contribution >= 4 is 0 Å². The Morgan fingerprint density at radius 3 is 2.88 bits per heavy atom. The average Bonchev–Trinajstić information content (AvgIpc) is 3.18. The summed E-state index contributed by atoms with van der Waals surface area (Å²) in [6, 6.07) is 4.15. The second-order valence-corrected chi connectivity index (χ2v) is 7.56. The lowest BCUT2D eigenvalue weighted by Crippen LogP contribution is -2.35. The Hall–Kier alpha value is -1.30. The van der Waals surface area contributed by atoms with Crippen molar-refractivity contribution in [1.82, 2.24) is 5.32 Å². The average molecular weight is 347 g/mol. The normalized spacial score (nSPS) is 27.3. The molecule has 0 aromatic heterocycles. The molecule has 1 N–H and O–H groups in total. The number of methoxy groups -OCH3 is 1. The van der Waals surface area contributed by atoms with Crippen LogP contribution in [-0.2, 0) is 22.4 Å². The molecular formula is C20H29NO4. The van der Waals surface area contributed by atoms with Gasteiger partial charge in [0.1, 0.15) is 17.6 Å². The lowest BCUT2D eigenvalue weighted by Gasteiger charge is -2.31. The molecule has 1 saturated carbocycles. The minimum Gasteiger partial charge on any atom is -0.497 e. The van der Waals surface area contributed by atoms with E-state index in [2.05, 4.69) is 24.4 Å². The smallest absolute Gasteiger partial charge is 0.168 e. The van der Waals surface area contributed by atoms with Crippen LogP contribution in [-0.4, -0.2) is 38.3 Å². The lowest BCUT2D eigenvalue weighted by molar-refractivity contribution is -0.186. The zero-order chi connectivity index (χ0) is 17.3. The van der Waals surface area contributed by atoms with Gasteiger partial charge >= 0.3 is 0 Å². The summed E-state index contributed by atoms with van der Waals surface area (Å²) in [6.45, 7) is 4.34. The molecule has 3 aliphatic rings. The molecule has 1 spiro atoms. The van der Waals surface area contributed by atoms with Gasteiger partial charge in [0.05, 0.1) is 19.8 Å². The van der Waals surface area contributed by atoms with Crippen LogP contribution in [0.2, 0.25) is 0 Å². The summed E-state index contributed by atoms with van der Waals surface area (Å²) in [5.74, 6) is 1.63. The number of benzene rings is 1. The minimum atomic E-state index is -0.291. The molecule has 1 saturated heterocycles. The third-order valence-electron chi connectivity index (χ3n) is 5.49. The number of hydrogen-bond acceptors (Lipinski definition) is 5. The first-order chi connectivity index (χ1) is 12.2. The molecule has 4 rings (SSSR count). The molecule has 138 valence electrons. The summed E-state index contributed by atoms with van der Waals surface area (Å²) in [4.78, 5) is 0. The Balaban J connectivity index is 1.34. The fourth-order valence-corrected chi connectivity index (χ4v) is 4.26. The molecule has 1 aromatic rings. The Kier molecular flexibility index (Phi) is 4.89. The lowest BCUT2D eigenvalue weighted by atomic mass is 9.94. The van der Waals surface area contributed by atoms with Gasteiger partial charge in [-0.25, -0.2) is 0 Å². The van der Waals surface area contributed by atoms with Crippen molar-refractivity contribution in [2.45, 2.75) is 70.0 Å². The molecule has 2 fully saturated rings. The van der Waals surface area contributed by atoms with Crippen LogP contribution < -0.4 is 14.8 Å². The first-order valence-corrected chi connectivity index (χ1v) is 9.56. The van der Waals surface area contributed by atoms with E-state index >= 15 is 0 Å². The second kappa shape index (κ2) is 7.14. The number of fused-ring (bicyclic) bond motifs is 1. The van der Waals surface area contributed by atoms with Crippen LogP contribution in [0.15, 0.2) is 12.1 Å². The van der Waals surface area contributed by atoms with Crippen molar-refractivity contribution in [3.8, 4) is 11.5 Å². The highest BCUT2D eigenvalue weighted by Gasteiger charge is 2.41. The van der Waals surface area contributed by atoms with Gasteiger partial charge in [-0.1, -0.05) is 6.42 Å². The first-order valence-electron chi connectivity index (χ1n) is 9.56. The van der Waals surface area contributed by atoms with E-state index in [0.29, 0.717) is 6.61 Å². The SMILES string of the molecule is COc1cc(CNC[C@H]2COC3(CCCCC3)O2)c2c(c1)C[C@@H](C)O2. The maximum absolute atomic E-state index is 6.24. The predicted octanol–water partition coefficient (Wildman–Crippen LogP) is 3.18. The fourth-order valence-electron chi connectivity index (χ4n) is 4.26. The molecule has 1 aromatic carbocycles. The summed E-state index contributed by atoms with van der Waals surface area (Å²) in [5.41, 5.74) is 2.40. The zero-order valence-corrected chi connectivity index (χ0v) is 15.3. The first kappa shape index (κ1) is 17.1. The van der Waals surface area contributed by atoms with Crippen molar-refractivity contribution in [3.63, 3.8) is 0 Å². The van der Waals surface area contributed by atoms with E-state index in [9.17, 15) is 0 Å². The van der Waals surface area contributed by atoms with Crippen molar-refractivity contribution < 1.29 is 18.9 Å². The Bertz CT molecular complexity index is 612. The molecule has 1 aliphatic carbocycles. The molecule has 25 heavy (non-hydrogen) atoms. The van der Waals surface area contributed by atoms with Gasteiger partial charge in [-0.2, -0.15) is 0 Å². The highest BCUT2D eigenvalue weighted by atomic mass is 16.7. The molecule has 0 amide bonds. The van der Waals surface area contributed by atoms with E-state index in [1.807, 2.05) is 0 Å². The Morgan fingerprint density at radius 2 is 2.08 bits per heavy atom. The summed E-state index contributed by atoms with van der Waals surface area (Å²) < 4.78 is 23.7. The van der Waals surface area contributed by atoms with E-state index in [-0.39, 0.29) is 18.0 Å². The zero-order valence-electron chi connectivity index (χ0n) is 15.3. The van der Waals surface area contributed by atoms with Crippen molar-refractivity contribution in [3.05, 3.63) is 23.3 Å². The van der Waals surface area contributed by atoms with Crippen LogP contribution in [0.1, 0.15) is 50.2 Å². The van der Waals surface area contributed by atoms with E-state index in [4.69, 9.17) is 18.9 Å². The number of nitrogens with one attached hydrogen (secondary N) is 1. The highest BCUT2D eigenvalue weighted by Crippen LogP contribution is 2.38. The summed E-state index contributed by atoms with van der Waals surface area (Å²) in [5, 5.41) is 3.52. The van der Waals surface area contributed by atoms with Crippen LogP contribution >= 0.6 is 0 Å². The summed E-state index contributed by atoms with van der Waals surface area (Å²) in [6.07, 6.45) is 7.13. The van der Waals surface area contributed by atoms with Gasteiger partial charge in [-0.15, -0.1) is 0 Å². The van der Waals surface area contributed by atoms with Gasteiger partial charge in [-0.05, 0) is 31.9 Å². The van der Waals surface area contributed by atoms with Crippen LogP contribution in [0.3, 0.4) is 0 Å². The molecular weight excluding hydrogens is 318 g/mol. The van der Waals surface area contributed by atoms with E-state index < -0.39 is 0 Å². The minimum absolute atomic E-state index is 0.136. The largest absolute Gasteiger partial charge is 0.497 e. The fraction of sp³-hybridized carbons (Fsp3) is 0.700. The Labute approximate surface area is 150 Å². The Morgan fingerprint density at radius 1 is 1.24 bits per heavy atom. The van der Waals surface area contributed by atoms with Crippen LogP contribution in [0, 0.1) is 0 Å². The van der Waals surface area contributed by atoms with Crippen molar-refractivity contribution in [2.75, 3.05) is 20.3 Å². The molecule has 5 heteroatoms. The summed E-state index contributed by atoms with van der Waals surface area (Å²) in [7, 11) is 1.71. The molecule has 2 atom stereocenters. The van der Waals surface area contributed by atoms with Gasteiger partial charge in [0.25, 0.3) is 0 Å². The third kappa shape index (κ3) is 3.64. The molecule has 5 nitrogen and oxygen atoms in total. The second-order valence-electron chi connectivity index (χ2n) is 7.56. The molecule has 2 aliphatic heterocycles. The van der Waals surface area contributed by atoms with Crippen molar-refractivity contribution in [1.29, 1.82) is 0 Å². The van der Waals surface area contributed by atoms with E-state index in [0.717, 1.165) is 49.4 Å². The van der Waals surface area contributed by atoms with Crippen molar-refractivity contribution in [2.24, 2.45) is 0 Å².